The van der Waals surface area contributed by atoms with E-state index in [0.29, 0.717) is 15.7 Å². The fourth-order valence-corrected chi connectivity index (χ4v) is 4.14. The van der Waals surface area contributed by atoms with E-state index in [1.54, 1.807) is 30.3 Å². The number of amides is 1. The molecule has 0 aliphatic heterocycles. The summed E-state index contributed by atoms with van der Waals surface area (Å²) in [6.07, 6.45) is 1.39. The molecule has 0 saturated carbocycles. The number of halogens is 1. The Morgan fingerprint density at radius 2 is 1.86 bits per heavy atom. The highest BCUT2D eigenvalue weighted by Crippen LogP contribution is 2.27. The number of nitrogens with zero attached hydrogens (tertiary/aromatic N) is 1. The Labute approximate surface area is 174 Å². The van der Waals surface area contributed by atoms with Crippen molar-refractivity contribution in [3.8, 4) is 0 Å². The van der Waals surface area contributed by atoms with Crippen LogP contribution in [0.25, 0.3) is 0 Å². The number of sulfonamides is 1. The Bertz CT molecular complexity index is 1140. The van der Waals surface area contributed by atoms with Gasteiger partial charge in [0.05, 0.1) is 11.2 Å². The van der Waals surface area contributed by atoms with Crippen LogP contribution in [0.3, 0.4) is 0 Å². The minimum atomic E-state index is -4.12. The molecule has 2 aromatic carbocycles. The Hall–Kier alpha value is -3.02. The number of hydrogen-bond donors (Lipinski definition) is 2. The van der Waals surface area contributed by atoms with E-state index in [1.807, 2.05) is 0 Å². The second-order valence-corrected chi connectivity index (χ2v) is 8.47. The Morgan fingerprint density at radius 3 is 2.48 bits per heavy atom. The predicted octanol–water partition coefficient (Wildman–Crippen LogP) is 3.68. The third-order valence-electron chi connectivity index (χ3n) is 3.83. The van der Waals surface area contributed by atoms with Gasteiger partial charge in [0.15, 0.2) is 10.7 Å². The van der Waals surface area contributed by atoms with Crippen LogP contribution in [-0.2, 0) is 16.6 Å². The summed E-state index contributed by atoms with van der Waals surface area (Å²) in [6, 6.07) is 13.3. The topological polar surface area (TPSA) is 132 Å². The average Bonchev–Trinajstić information content (AvgIpc) is 3.22. The van der Waals surface area contributed by atoms with Crippen LogP contribution < -0.4 is 10.0 Å². The van der Waals surface area contributed by atoms with E-state index in [-0.39, 0.29) is 12.3 Å². The van der Waals surface area contributed by atoms with Crippen molar-refractivity contribution in [2.24, 2.45) is 0 Å². The molecule has 0 atom stereocenters. The number of furan rings is 1. The molecule has 1 aromatic heterocycles. The molecule has 11 heteroatoms. The summed E-state index contributed by atoms with van der Waals surface area (Å²) in [5, 5.41) is 13.8. The number of nitro benzene ring substituents is 1. The summed E-state index contributed by atoms with van der Waals surface area (Å²) >= 11 is 3.12. The lowest BCUT2D eigenvalue weighted by atomic mass is 10.2. The largest absolute Gasteiger partial charge is 0.459 e. The van der Waals surface area contributed by atoms with Gasteiger partial charge in [0, 0.05) is 22.8 Å². The molecule has 150 valence electrons. The molecule has 9 nitrogen and oxygen atoms in total. The van der Waals surface area contributed by atoms with Crippen molar-refractivity contribution in [3.05, 3.63) is 86.8 Å². The summed E-state index contributed by atoms with van der Waals surface area (Å²) < 4.78 is 32.8. The van der Waals surface area contributed by atoms with Gasteiger partial charge < -0.3 is 9.73 Å². The van der Waals surface area contributed by atoms with Gasteiger partial charge >= 0.3 is 0 Å². The molecule has 0 spiro atoms. The van der Waals surface area contributed by atoms with Gasteiger partial charge in [-0.15, -0.1) is 0 Å². The van der Waals surface area contributed by atoms with Crippen LogP contribution >= 0.6 is 15.9 Å². The van der Waals surface area contributed by atoms with Crippen LogP contribution in [0.5, 0.6) is 0 Å². The molecule has 0 aliphatic rings. The lowest BCUT2D eigenvalue weighted by Gasteiger charge is -2.09. The molecule has 0 saturated heterocycles. The van der Waals surface area contributed by atoms with Crippen molar-refractivity contribution in [1.82, 2.24) is 4.72 Å². The van der Waals surface area contributed by atoms with Gasteiger partial charge in [0.2, 0.25) is 10.0 Å². The highest BCUT2D eigenvalue weighted by molar-refractivity contribution is 9.10. The van der Waals surface area contributed by atoms with E-state index >= 15 is 0 Å². The van der Waals surface area contributed by atoms with Gasteiger partial charge in [-0.05, 0) is 42.0 Å². The molecule has 0 aliphatic carbocycles. The van der Waals surface area contributed by atoms with E-state index in [9.17, 15) is 23.3 Å². The third-order valence-corrected chi connectivity index (χ3v) is 5.75. The zero-order valence-corrected chi connectivity index (χ0v) is 17.1. The average molecular weight is 480 g/mol. The van der Waals surface area contributed by atoms with Crippen LogP contribution in [-0.4, -0.2) is 19.2 Å². The van der Waals surface area contributed by atoms with Crippen molar-refractivity contribution in [2.45, 2.75) is 11.4 Å². The highest BCUT2D eigenvalue weighted by atomic mass is 79.9. The zero-order chi connectivity index (χ0) is 21.0. The quantitative estimate of drug-likeness (QED) is 0.392. The minimum absolute atomic E-state index is 0.0849. The second kappa shape index (κ2) is 8.55. The van der Waals surface area contributed by atoms with Gasteiger partial charge in [-0.25, -0.2) is 13.1 Å². The first-order chi connectivity index (χ1) is 13.8. The first-order valence-electron chi connectivity index (χ1n) is 8.14. The van der Waals surface area contributed by atoms with Crippen molar-refractivity contribution in [1.29, 1.82) is 0 Å². The molecule has 3 rings (SSSR count). The zero-order valence-electron chi connectivity index (χ0n) is 14.7. The van der Waals surface area contributed by atoms with E-state index in [4.69, 9.17) is 4.42 Å². The van der Waals surface area contributed by atoms with E-state index in [2.05, 4.69) is 26.0 Å². The van der Waals surface area contributed by atoms with Gasteiger partial charge in [-0.1, -0.05) is 28.1 Å². The Morgan fingerprint density at radius 1 is 1.14 bits per heavy atom. The lowest BCUT2D eigenvalue weighted by molar-refractivity contribution is -0.387. The van der Waals surface area contributed by atoms with E-state index in [0.717, 1.165) is 6.07 Å². The number of rotatable bonds is 7. The summed E-state index contributed by atoms with van der Waals surface area (Å²) in [4.78, 5) is 21.9. The number of carbonyl (C=O) groups excluding carboxylic acids is 1. The number of hydrogen-bond acceptors (Lipinski definition) is 6. The fraction of sp³-hybridized carbons (Fsp3) is 0.0556. The molecule has 0 radical (unpaired) electrons. The maximum absolute atomic E-state index is 12.5. The first kappa shape index (κ1) is 20.7. The number of carbonyl (C=O) groups is 1. The molecule has 2 N–H and O–H groups in total. The molecule has 3 aromatic rings. The maximum Gasteiger partial charge on any atom is 0.291 e. The third kappa shape index (κ3) is 5.08. The Kier molecular flexibility index (Phi) is 6.11. The number of anilines is 1. The summed E-state index contributed by atoms with van der Waals surface area (Å²) in [6.45, 7) is -0.0849. The van der Waals surface area contributed by atoms with Crippen molar-refractivity contribution in [3.63, 3.8) is 0 Å². The number of nitro groups is 1. The molecule has 0 unspecified atom stereocenters. The second-order valence-electron chi connectivity index (χ2n) is 5.82. The Balaban J connectivity index is 1.69. The minimum Gasteiger partial charge on any atom is -0.459 e. The maximum atomic E-state index is 12.5. The number of nitrogens with one attached hydrogen (secondary N) is 2. The van der Waals surface area contributed by atoms with Crippen LogP contribution in [0.1, 0.15) is 16.1 Å². The van der Waals surface area contributed by atoms with Crippen LogP contribution in [0, 0.1) is 10.1 Å². The molecule has 1 amide bonds. The van der Waals surface area contributed by atoms with Crippen LogP contribution in [0.4, 0.5) is 11.4 Å². The van der Waals surface area contributed by atoms with E-state index < -0.39 is 31.4 Å². The first-order valence-corrected chi connectivity index (χ1v) is 10.4. The lowest BCUT2D eigenvalue weighted by Crippen LogP contribution is -2.24. The summed E-state index contributed by atoms with van der Waals surface area (Å²) in [5.74, 6) is -0.247. The normalized spacial score (nSPS) is 11.2. The van der Waals surface area contributed by atoms with Gasteiger partial charge in [-0.2, -0.15) is 0 Å². The highest BCUT2D eigenvalue weighted by Gasteiger charge is 2.25. The van der Waals surface area contributed by atoms with Crippen LogP contribution in [0.15, 0.2) is 74.6 Å². The van der Waals surface area contributed by atoms with Crippen molar-refractivity contribution < 1.29 is 22.6 Å². The van der Waals surface area contributed by atoms with Crippen molar-refractivity contribution >= 4 is 43.2 Å². The standard InChI is InChI=1S/C18H14BrN3O6S/c19-13-5-8-15(22(24)25)17(10-13)29(26,27)20-11-12-3-6-14(7-4-12)21-18(23)16-2-1-9-28-16/h1-10,20H,11H2,(H,21,23). The molecule has 0 fully saturated rings. The summed E-state index contributed by atoms with van der Waals surface area (Å²) in [7, 11) is -4.12. The van der Waals surface area contributed by atoms with Gasteiger partial charge in [0.1, 0.15) is 0 Å². The smallest absolute Gasteiger partial charge is 0.291 e. The SMILES string of the molecule is O=C(Nc1ccc(CNS(=O)(=O)c2cc(Br)ccc2[N+](=O)[O-])cc1)c1ccco1. The fourth-order valence-electron chi connectivity index (χ4n) is 2.42. The summed E-state index contributed by atoms with van der Waals surface area (Å²) in [5.41, 5.74) is 0.583. The molecular formula is C18H14BrN3O6S. The monoisotopic (exact) mass is 479 g/mol. The molecule has 0 bridgehead atoms. The molecule has 29 heavy (non-hydrogen) atoms. The van der Waals surface area contributed by atoms with Crippen molar-refractivity contribution in [2.75, 3.05) is 5.32 Å². The van der Waals surface area contributed by atoms with E-state index in [1.165, 1.54) is 24.5 Å². The van der Waals surface area contributed by atoms with Crippen LogP contribution in [0.2, 0.25) is 0 Å². The molecule has 1 heterocycles. The number of benzene rings is 2. The molecular weight excluding hydrogens is 466 g/mol. The van der Waals surface area contributed by atoms with Gasteiger partial charge in [0.25, 0.3) is 11.6 Å². The predicted molar refractivity (Wildman–Crippen MR) is 108 cm³/mol. The van der Waals surface area contributed by atoms with Gasteiger partial charge in [-0.3, -0.25) is 14.9 Å².